The predicted molar refractivity (Wildman–Crippen MR) is 64.6 cm³/mol. The lowest BCUT2D eigenvalue weighted by molar-refractivity contribution is 0.473. The number of fused-ring (bicyclic) bond motifs is 1. The van der Waals surface area contributed by atoms with Gasteiger partial charge in [-0.3, -0.25) is 0 Å². The third-order valence-corrected chi connectivity index (χ3v) is 4.56. The van der Waals surface area contributed by atoms with Crippen LogP contribution in [0.4, 0.5) is 0 Å². The first-order valence-corrected chi connectivity index (χ1v) is 6.58. The summed E-state index contributed by atoms with van der Waals surface area (Å²) in [6.07, 6.45) is 3.00. The van der Waals surface area contributed by atoms with Crippen molar-refractivity contribution in [1.82, 2.24) is 0 Å². The Morgan fingerprint density at radius 2 is 2.21 bits per heavy atom. The van der Waals surface area contributed by atoms with Crippen molar-refractivity contribution in [3.05, 3.63) is 23.8 Å². The molecule has 1 aromatic heterocycles. The molecule has 0 bridgehead atoms. The minimum atomic E-state index is 0.452. The van der Waals surface area contributed by atoms with Gasteiger partial charge in [-0.05, 0) is 30.4 Å². The van der Waals surface area contributed by atoms with E-state index < -0.39 is 0 Å². The first kappa shape index (κ1) is 9.87. The standard InChI is InChI=1S/C11H12OS2/c1-3-7-4-5-9-8(6-7)10(12)11(13-2)14-9/h4-6,12H,3H2,1-2H3. The van der Waals surface area contributed by atoms with Crippen LogP contribution in [0.2, 0.25) is 0 Å². The summed E-state index contributed by atoms with van der Waals surface area (Å²) in [5.74, 6) is 0.452. The van der Waals surface area contributed by atoms with Gasteiger partial charge in [-0.1, -0.05) is 13.0 Å². The Morgan fingerprint density at radius 1 is 1.43 bits per heavy atom. The second kappa shape index (κ2) is 3.83. The van der Waals surface area contributed by atoms with Gasteiger partial charge < -0.3 is 5.11 Å². The van der Waals surface area contributed by atoms with Crippen LogP contribution < -0.4 is 0 Å². The predicted octanol–water partition coefficient (Wildman–Crippen LogP) is 3.89. The van der Waals surface area contributed by atoms with Crippen LogP contribution in [-0.2, 0) is 6.42 Å². The van der Waals surface area contributed by atoms with Crippen LogP contribution in [0, 0.1) is 0 Å². The van der Waals surface area contributed by atoms with Crippen molar-refractivity contribution >= 4 is 33.2 Å². The fraction of sp³-hybridized carbons (Fsp3) is 0.273. The van der Waals surface area contributed by atoms with E-state index in [4.69, 9.17) is 0 Å². The molecule has 1 aromatic carbocycles. The summed E-state index contributed by atoms with van der Waals surface area (Å²) in [6, 6.07) is 6.31. The van der Waals surface area contributed by atoms with Crippen molar-refractivity contribution in [3.63, 3.8) is 0 Å². The zero-order chi connectivity index (χ0) is 10.1. The van der Waals surface area contributed by atoms with E-state index >= 15 is 0 Å². The van der Waals surface area contributed by atoms with E-state index in [1.165, 1.54) is 10.3 Å². The fourth-order valence-electron chi connectivity index (χ4n) is 1.47. The Labute approximate surface area is 91.8 Å². The lowest BCUT2D eigenvalue weighted by atomic mass is 10.1. The highest BCUT2D eigenvalue weighted by atomic mass is 32.2. The molecule has 1 N–H and O–H groups in total. The minimum Gasteiger partial charge on any atom is -0.505 e. The zero-order valence-electron chi connectivity index (χ0n) is 8.20. The van der Waals surface area contributed by atoms with Crippen LogP contribution >= 0.6 is 23.1 Å². The van der Waals surface area contributed by atoms with E-state index in [1.54, 1.807) is 23.1 Å². The SMILES string of the molecule is CCc1ccc2sc(SC)c(O)c2c1. The molecule has 0 atom stereocenters. The zero-order valence-corrected chi connectivity index (χ0v) is 9.84. The van der Waals surface area contributed by atoms with E-state index in [9.17, 15) is 5.11 Å². The number of thioether (sulfide) groups is 1. The molecule has 1 nitrogen and oxygen atoms in total. The van der Waals surface area contributed by atoms with Crippen LogP contribution in [0.25, 0.3) is 10.1 Å². The van der Waals surface area contributed by atoms with Crippen molar-refractivity contribution in [2.45, 2.75) is 17.6 Å². The molecule has 0 aliphatic carbocycles. The summed E-state index contributed by atoms with van der Waals surface area (Å²) in [6.45, 7) is 2.13. The summed E-state index contributed by atoms with van der Waals surface area (Å²) >= 11 is 3.26. The maximum Gasteiger partial charge on any atom is 0.147 e. The van der Waals surface area contributed by atoms with Crippen molar-refractivity contribution in [3.8, 4) is 5.75 Å². The molecule has 0 unspecified atom stereocenters. The molecule has 0 aliphatic heterocycles. The van der Waals surface area contributed by atoms with Gasteiger partial charge in [0.25, 0.3) is 0 Å². The van der Waals surface area contributed by atoms with Crippen LogP contribution in [0.15, 0.2) is 22.4 Å². The Morgan fingerprint density at radius 3 is 2.86 bits per heavy atom. The van der Waals surface area contributed by atoms with Crippen molar-refractivity contribution in [2.75, 3.05) is 6.26 Å². The Balaban J connectivity index is 2.68. The molecule has 0 aliphatic rings. The highest BCUT2D eigenvalue weighted by Gasteiger charge is 2.09. The summed E-state index contributed by atoms with van der Waals surface area (Å²) in [4.78, 5) is 0. The number of benzene rings is 1. The average Bonchev–Trinajstić information content (AvgIpc) is 2.55. The van der Waals surface area contributed by atoms with E-state index in [-0.39, 0.29) is 0 Å². The highest BCUT2D eigenvalue weighted by Crippen LogP contribution is 2.42. The number of hydrogen-bond acceptors (Lipinski definition) is 3. The summed E-state index contributed by atoms with van der Waals surface area (Å²) in [5.41, 5.74) is 1.28. The van der Waals surface area contributed by atoms with Gasteiger partial charge in [-0.25, -0.2) is 0 Å². The first-order chi connectivity index (χ1) is 6.76. The van der Waals surface area contributed by atoms with E-state index in [2.05, 4.69) is 25.1 Å². The molecular formula is C11H12OS2. The highest BCUT2D eigenvalue weighted by molar-refractivity contribution is 8.00. The van der Waals surface area contributed by atoms with Gasteiger partial charge in [0.15, 0.2) is 0 Å². The Hall–Kier alpha value is -0.670. The third-order valence-electron chi connectivity index (χ3n) is 2.29. The Kier molecular flexibility index (Phi) is 2.70. The molecule has 1 heterocycles. The molecule has 14 heavy (non-hydrogen) atoms. The lowest BCUT2D eigenvalue weighted by Crippen LogP contribution is -1.76. The fourth-order valence-corrected chi connectivity index (χ4v) is 3.18. The van der Waals surface area contributed by atoms with Gasteiger partial charge in [-0.2, -0.15) is 0 Å². The second-order valence-electron chi connectivity index (χ2n) is 3.13. The number of rotatable bonds is 2. The van der Waals surface area contributed by atoms with Crippen molar-refractivity contribution in [1.29, 1.82) is 0 Å². The average molecular weight is 224 g/mol. The van der Waals surface area contributed by atoms with Crippen LogP contribution in [0.3, 0.4) is 0 Å². The number of thiophene rings is 1. The quantitative estimate of drug-likeness (QED) is 0.781. The maximum absolute atomic E-state index is 9.90. The number of aryl methyl sites for hydroxylation is 1. The number of hydrogen-bond donors (Lipinski definition) is 1. The van der Waals surface area contributed by atoms with Crippen molar-refractivity contribution < 1.29 is 5.11 Å². The largest absolute Gasteiger partial charge is 0.505 e. The molecule has 0 amide bonds. The summed E-state index contributed by atoms with van der Waals surface area (Å²) in [5, 5.41) is 10.9. The molecular weight excluding hydrogens is 212 g/mol. The van der Waals surface area contributed by atoms with Crippen LogP contribution in [-0.4, -0.2) is 11.4 Å². The topological polar surface area (TPSA) is 20.2 Å². The summed E-state index contributed by atoms with van der Waals surface area (Å²) < 4.78 is 2.18. The smallest absolute Gasteiger partial charge is 0.147 e. The third kappa shape index (κ3) is 1.51. The van der Waals surface area contributed by atoms with Gasteiger partial charge in [0.1, 0.15) is 9.96 Å². The second-order valence-corrected chi connectivity index (χ2v) is 5.25. The molecule has 3 heteroatoms. The van der Waals surface area contributed by atoms with Gasteiger partial charge in [0.05, 0.1) is 0 Å². The molecule has 0 saturated heterocycles. The molecule has 2 rings (SSSR count). The molecule has 74 valence electrons. The normalized spacial score (nSPS) is 11.0. The maximum atomic E-state index is 9.90. The summed E-state index contributed by atoms with van der Waals surface area (Å²) in [7, 11) is 0. The van der Waals surface area contributed by atoms with E-state index in [1.807, 2.05) is 6.26 Å². The van der Waals surface area contributed by atoms with Crippen LogP contribution in [0.1, 0.15) is 12.5 Å². The first-order valence-electron chi connectivity index (χ1n) is 4.54. The van der Waals surface area contributed by atoms with Crippen LogP contribution in [0.5, 0.6) is 5.75 Å². The van der Waals surface area contributed by atoms with Gasteiger partial charge >= 0.3 is 0 Å². The Bertz CT molecular complexity index is 460. The van der Waals surface area contributed by atoms with Gasteiger partial charge in [0, 0.05) is 10.1 Å². The monoisotopic (exact) mass is 224 g/mol. The molecule has 0 saturated carbocycles. The van der Waals surface area contributed by atoms with Crippen molar-refractivity contribution in [2.24, 2.45) is 0 Å². The molecule has 0 radical (unpaired) electrons. The molecule has 0 spiro atoms. The lowest BCUT2D eigenvalue weighted by Gasteiger charge is -1.96. The van der Waals surface area contributed by atoms with Gasteiger partial charge in [-0.15, -0.1) is 23.1 Å². The van der Waals surface area contributed by atoms with Gasteiger partial charge in [0.2, 0.25) is 0 Å². The molecule has 2 aromatic rings. The molecule has 0 fully saturated rings. The van der Waals surface area contributed by atoms with E-state index in [0.717, 1.165) is 16.0 Å². The minimum absolute atomic E-state index is 0.452. The van der Waals surface area contributed by atoms with E-state index in [0.29, 0.717) is 5.75 Å². The number of aromatic hydroxyl groups is 1.